The molecule has 1 fully saturated rings. The third-order valence-electron chi connectivity index (χ3n) is 7.26. The van der Waals surface area contributed by atoms with Crippen molar-refractivity contribution in [3.05, 3.63) is 41.5 Å². The molecule has 1 saturated heterocycles. The molecule has 0 saturated carbocycles. The van der Waals surface area contributed by atoms with E-state index in [1.807, 2.05) is 4.90 Å². The molecule has 0 spiro atoms. The Morgan fingerprint density at radius 1 is 1.12 bits per heavy atom. The lowest BCUT2D eigenvalue weighted by Crippen LogP contribution is -2.41. The van der Waals surface area contributed by atoms with E-state index in [-0.39, 0.29) is 53.3 Å². The summed E-state index contributed by atoms with van der Waals surface area (Å²) in [5, 5.41) is 0.700. The zero-order chi connectivity index (χ0) is 28.9. The maximum Gasteiger partial charge on any atom is 0.249 e. The zero-order valence-corrected chi connectivity index (χ0v) is 23.6. The van der Waals surface area contributed by atoms with Crippen LogP contribution in [0.25, 0.3) is 32.9 Å². The average molecular weight is 587 g/mol. The molecule has 1 atom stereocenters. The summed E-state index contributed by atoms with van der Waals surface area (Å²) in [4.78, 5) is 15.0. The lowest BCUT2D eigenvalue weighted by molar-refractivity contribution is 0.0512. The number of aromatic nitrogens is 3. The van der Waals surface area contributed by atoms with Gasteiger partial charge in [0.1, 0.15) is 40.6 Å². The molecule has 0 aliphatic carbocycles. The number of fused-ring (bicyclic) bond motifs is 3. The van der Waals surface area contributed by atoms with Crippen molar-refractivity contribution in [1.29, 1.82) is 0 Å². The Kier molecular flexibility index (Phi) is 7.12. The van der Waals surface area contributed by atoms with Crippen molar-refractivity contribution in [2.75, 3.05) is 51.4 Å². The fourth-order valence-corrected chi connectivity index (χ4v) is 5.92. The number of halogens is 2. The molecule has 0 amide bonds. The number of methoxy groups -OCH3 is 1. The lowest BCUT2D eigenvalue weighted by atomic mass is 9.94. The molecule has 2 aromatic carbocycles. The van der Waals surface area contributed by atoms with Crippen molar-refractivity contribution in [3.63, 3.8) is 0 Å². The van der Waals surface area contributed by atoms with Crippen LogP contribution in [-0.4, -0.2) is 75.9 Å². The van der Waals surface area contributed by atoms with Crippen LogP contribution in [0.15, 0.2) is 29.4 Å². The Bertz CT molecular complexity index is 1790. The molecule has 2 aliphatic rings. The number of ether oxygens (including phenoxy) is 4. The predicted molar refractivity (Wildman–Crippen MR) is 147 cm³/mol. The number of pyridine rings is 1. The number of hydrogen-bond donors (Lipinski definition) is 0. The predicted octanol–water partition coefficient (Wildman–Crippen LogP) is 4.06. The van der Waals surface area contributed by atoms with Gasteiger partial charge in [-0.05, 0) is 47.4 Å². The molecule has 0 bridgehead atoms. The van der Waals surface area contributed by atoms with Crippen molar-refractivity contribution < 1.29 is 36.1 Å². The first-order chi connectivity index (χ1) is 19.7. The number of nitrogens with zero attached hydrogens (tertiary/aromatic N) is 4. The Hall–Kier alpha value is -3.68. The van der Waals surface area contributed by atoms with Crippen molar-refractivity contribution in [3.8, 4) is 22.9 Å². The van der Waals surface area contributed by atoms with Crippen LogP contribution in [0, 0.1) is 11.6 Å². The molecular formula is C28H28F2N4O6S. The zero-order valence-electron chi connectivity index (χ0n) is 22.7. The summed E-state index contributed by atoms with van der Waals surface area (Å²) in [6.07, 6.45) is 1.96. The van der Waals surface area contributed by atoms with Crippen LogP contribution in [0.4, 0.5) is 14.6 Å². The van der Waals surface area contributed by atoms with Gasteiger partial charge in [0.2, 0.25) is 20.9 Å². The number of sulfone groups is 1. The van der Waals surface area contributed by atoms with Gasteiger partial charge in [-0.3, -0.25) is 0 Å². The van der Waals surface area contributed by atoms with E-state index in [1.54, 1.807) is 25.1 Å². The van der Waals surface area contributed by atoms with Crippen LogP contribution in [0.5, 0.6) is 11.6 Å². The van der Waals surface area contributed by atoms with Crippen LogP contribution in [0.3, 0.4) is 0 Å². The van der Waals surface area contributed by atoms with Crippen molar-refractivity contribution in [2.45, 2.75) is 31.0 Å². The molecular weight excluding hydrogens is 558 g/mol. The molecule has 216 valence electrons. The van der Waals surface area contributed by atoms with E-state index in [2.05, 4.69) is 15.0 Å². The van der Waals surface area contributed by atoms with E-state index in [0.29, 0.717) is 54.7 Å². The molecule has 0 unspecified atom stereocenters. The second-order valence-corrected chi connectivity index (χ2v) is 11.9. The fourth-order valence-electron chi connectivity index (χ4n) is 5.41. The van der Waals surface area contributed by atoms with E-state index < -0.39 is 26.6 Å². The summed E-state index contributed by atoms with van der Waals surface area (Å²) in [5.41, 5.74) is 0.173. The van der Waals surface area contributed by atoms with Gasteiger partial charge in [-0.25, -0.2) is 32.2 Å². The highest BCUT2D eigenvalue weighted by Gasteiger charge is 2.34. The maximum atomic E-state index is 16.7. The molecule has 6 rings (SSSR count). The monoisotopic (exact) mass is 586 g/mol. The molecule has 0 radical (unpaired) electrons. The van der Waals surface area contributed by atoms with Gasteiger partial charge in [-0.15, -0.1) is 0 Å². The summed E-state index contributed by atoms with van der Waals surface area (Å²) in [5.74, 6) is -0.716. The molecule has 13 heteroatoms. The van der Waals surface area contributed by atoms with E-state index >= 15 is 8.78 Å². The molecule has 0 N–H and O–H groups in total. The Morgan fingerprint density at radius 3 is 2.71 bits per heavy atom. The van der Waals surface area contributed by atoms with Gasteiger partial charge < -0.3 is 23.8 Å². The average Bonchev–Trinajstić information content (AvgIpc) is 3.27. The van der Waals surface area contributed by atoms with Gasteiger partial charge in [-0.1, -0.05) is 13.0 Å². The summed E-state index contributed by atoms with van der Waals surface area (Å²) >= 11 is 0. The van der Waals surface area contributed by atoms with E-state index in [1.165, 1.54) is 13.2 Å². The second-order valence-electron chi connectivity index (χ2n) is 9.99. The Labute approximate surface area is 235 Å². The van der Waals surface area contributed by atoms with Gasteiger partial charge in [0.25, 0.3) is 0 Å². The maximum absolute atomic E-state index is 16.7. The van der Waals surface area contributed by atoms with Crippen molar-refractivity contribution >= 4 is 37.3 Å². The van der Waals surface area contributed by atoms with Crippen LogP contribution in [0.2, 0.25) is 0 Å². The van der Waals surface area contributed by atoms with Crippen LogP contribution in [-0.2, 0) is 25.7 Å². The van der Waals surface area contributed by atoms with E-state index in [4.69, 9.17) is 18.9 Å². The summed E-state index contributed by atoms with van der Waals surface area (Å²) in [6.45, 7) is 3.20. The molecule has 41 heavy (non-hydrogen) atoms. The van der Waals surface area contributed by atoms with Crippen molar-refractivity contribution in [2.24, 2.45) is 0 Å². The molecule has 4 heterocycles. The Balaban J connectivity index is 1.70. The van der Waals surface area contributed by atoms with Gasteiger partial charge in [0, 0.05) is 32.1 Å². The number of benzene rings is 2. The normalized spacial score (nSPS) is 17.2. The van der Waals surface area contributed by atoms with Gasteiger partial charge >= 0.3 is 0 Å². The Morgan fingerprint density at radius 2 is 1.95 bits per heavy atom. The number of anilines is 1. The first-order valence-corrected chi connectivity index (χ1v) is 15.1. The summed E-state index contributed by atoms with van der Waals surface area (Å²) in [7, 11) is -2.46. The van der Waals surface area contributed by atoms with Gasteiger partial charge in [0.05, 0.1) is 12.6 Å². The molecule has 4 aromatic rings. The van der Waals surface area contributed by atoms with Gasteiger partial charge in [0.15, 0.2) is 12.6 Å². The van der Waals surface area contributed by atoms with Crippen molar-refractivity contribution in [1.82, 2.24) is 15.0 Å². The summed E-state index contributed by atoms with van der Waals surface area (Å²) < 4.78 is 79.6. The minimum Gasteiger partial charge on any atom is -0.475 e. The largest absolute Gasteiger partial charge is 0.475 e. The SMILES string of the molecule is CCc1c(F)ccc2cc(OCOC)cc(-c3nc4c5c(nc(S(C)(=O)=O)nc5c3F)N3CCCOC[C@H]3CO4)c12. The standard InChI is InChI=1S/C28H28F2N4O6S/c1-4-18-20(29)7-6-15-10-17(40-14-37-2)11-19(21(15)18)24-23(30)25-22-26(33-28(32-25)41(3,35)36)34-8-5-9-38-12-16(34)13-39-27(22)31-24/h6-7,10-11,16H,4-5,8-9,12-14H2,1-3H3/t16-/m0/s1. The highest BCUT2D eigenvalue weighted by atomic mass is 32.2. The number of hydrogen-bond acceptors (Lipinski definition) is 10. The minimum atomic E-state index is -3.93. The molecule has 2 aromatic heterocycles. The van der Waals surface area contributed by atoms with E-state index in [9.17, 15) is 8.42 Å². The lowest BCUT2D eigenvalue weighted by Gasteiger charge is -2.28. The van der Waals surface area contributed by atoms with Crippen LogP contribution < -0.4 is 14.4 Å². The number of aryl methyl sites for hydroxylation is 1. The quantitative estimate of drug-likeness (QED) is 0.242. The highest BCUT2D eigenvalue weighted by Crippen LogP contribution is 2.43. The fraction of sp³-hybridized carbons (Fsp3) is 0.393. The molecule has 10 nitrogen and oxygen atoms in total. The topological polar surface area (TPSA) is 113 Å². The smallest absolute Gasteiger partial charge is 0.249 e. The minimum absolute atomic E-state index is 0.0466. The highest BCUT2D eigenvalue weighted by molar-refractivity contribution is 7.90. The molecule has 2 aliphatic heterocycles. The third kappa shape index (κ3) is 4.81. The van der Waals surface area contributed by atoms with Gasteiger partial charge in [-0.2, -0.15) is 0 Å². The third-order valence-corrected chi connectivity index (χ3v) is 8.11. The first-order valence-electron chi connectivity index (χ1n) is 13.2. The number of rotatable bonds is 6. The van der Waals surface area contributed by atoms with Crippen LogP contribution in [0.1, 0.15) is 18.9 Å². The second kappa shape index (κ2) is 10.6. The summed E-state index contributed by atoms with van der Waals surface area (Å²) in [6, 6.07) is 5.90. The van der Waals surface area contributed by atoms with E-state index in [0.717, 1.165) is 6.26 Å². The van der Waals surface area contributed by atoms with Crippen LogP contribution >= 0.6 is 0 Å². The first kappa shape index (κ1) is 27.5.